The molecule has 6 heterocycles. The van der Waals surface area contributed by atoms with Crippen molar-refractivity contribution in [2.75, 3.05) is 44.9 Å². The summed E-state index contributed by atoms with van der Waals surface area (Å²) >= 11 is 0. The highest BCUT2D eigenvalue weighted by Gasteiger charge is 2.57. The molecule has 2 aromatic heterocycles. The number of alkyl halides is 6. The van der Waals surface area contributed by atoms with Crippen molar-refractivity contribution in [3.8, 4) is 23.1 Å². The number of hydrogen-bond acceptors (Lipinski definition) is 12. The van der Waals surface area contributed by atoms with Gasteiger partial charge in [-0.05, 0) is 101 Å². The average molecular weight is 1120 g/mol. The van der Waals surface area contributed by atoms with Gasteiger partial charge in [-0.25, -0.2) is 28.4 Å². The van der Waals surface area contributed by atoms with Gasteiger partial charge in [-0.2, -0.15) is 31.4 Å². The first-order valence-electron chi connectivity index (χ1n) is 25.3. The lowest BCUT2D eigenvalue weighted by atomic mass is 9.82. The maximum Gasteiger partial charge on any atom is 0.407 e. The number of rotatable bonds is 19. The predicted octanol–water partition coefficient (Wildman–Crippen LogP) is 6.08. The zero-order chi connectivity index (χ0) is 57.4. The van der Waals surface area contributed by atoms with Crippen LogP contribution in [0.25, 0.3) is 11.3 Å². The van der Waals surface area contributed by atoms with Gasteiger partial charge in [-0.3, -0.25) is 24.6 Å². The van der Waals surface area contributed by atoms with Crippen molar-refractivity contribution in [3.05, 3.63) is 101 Å². The highest BCUT2D eigenvalue weighted by Crippen LogP contribution is 2.43. The summed E-state index contributed by atoms with van der Waals surface area (Å²) in [6.07, 6.45) is -10.3. The number of methoxy groups -OCH3 is 1. The number of alkyl carbamates (subject to hydrolysis) is 1. The standard InChI is InChI=1S/C53H60F8N10O8/c1-50(2,52(56,57)58)44(65-49(77)78-5)46(73)63-41(18-30-9-6-29(7-10-30)8-11-31-12-15-43(62-22-31)68-23-34-21-35(24-68)71(34)36-27-79-28-36)42(72)26-69(67-47(74)45(64-48(75)76)51(3,4)53(59,60)61)25-37-38(54)19-32(20-39(37)55)40-16-17-70(66-40)33-13-14-33/h6-7,9-10,12,15-17,19-20,22,33-36,41-42,44-45,64,72H,13-14,18,21,23-28H2,1-5H3,(H,63,73)(H,65,77)(H,67,74)(H,75,76). The number of aliphatic hydroxyl groups excluding tert-OH is 1. The predicted molar refractivity (Wildman–Crippen MR) is 268 cm³/mol. The number of benzene rings is 2. The Morgan fingerprint density at radius 3 is 1.94 bits per heavy atom. The van der Waals surface area contributed by atoms with E-state index in [1.54, 1.807) is 29.2 Å². The summed E-state index contributed by atoms with van der Waals surface area (Å²) in [5, 5.41) is 32.3. The Balaban J connectivity index is 1.06. The topological polar surface area (TPSA) is 216 Å². The lowest BCUT2D eigenvalue weighted by Gasteiger charge is -2.60. The van der Waals surface area contributed by atoms with Gasteiger partial charge in [-0.1, -0.05) is 24.0 Å². The SMILES string of the molecule is COC(=O)NC(C(=O)NC(Cc1ccc(C#Cc2ccc(N3CC4CC(C3)N4C3COC3)nc2)cc1)C(O)CN(Cc1c(F)cc(-c2ccn(C3CC3)n2)cc1F)NC(=O)C(NC(=O)O)C(C)(C)C(F)(F)F)C(C)(C)C(F)(F)F. The summed E-state index contributed by atoms with van der Waals surface area (Å²) in [5.74, 6) is 1.19. The van der Waals surface area contributed by atoms with Crippen LogP contribution >= 0.6 is 0 Å². The zero-order valence-corrected chi connectivity index (χ0v) is 43.6. The van der Waals surface area contributed by atoms with E-state index in [2.05, 4.69) is 41.8 Å². The largest absolute Gasteiger partial charge is 0.465 e. The average Bonchev–Trinajstić information content (AvgIpc) is 4.14. The first kappa shape index (κ1) is 58.1. The van der Waals surface area contributed by atoms with Gasteiger partial charge in [0.15, 0.2) is 0 Å². The minimum Gasteiger partial charge on any atom is -0.465 e. The Morgan fingerprint density at radius 1 is 0.810 bits per heavy atom. The van der Waals surface area contributed by atoms with E-state index >= 15 is 8.78 Å². The van der Waals surface area contributed by atoms with Gasteiger partial charge in [-0.15, -0.1) is 0 Å². The molecule has 26 heteroatoms. The molecule has 0 spiro atoms. The second kappa shape index (κ2) is 22.9. The second-order valence-corrected chi connectivity index (χ2v) is 21.4. The maximum absolute atomic E-state index is 16.1. The molecule has 6 unspecified atom stereocenters. The van der Waals surface area contributed by atoms with Crippen LogP contribution in [-0.2, 0) is 32.0 Å². The van der Waals surface area contributed by atoms with E-state index in [9.17, 15) is 55.7 Å². The molecule has 4 amide bonds. The third kappa shape index (κ3) is 13.2. The number of fused-ring (bicyclic) bond motifs is 2. The van der Waals surface area contributed by atoms with Gasteiger partial charge in [0.25, 0.3) is 5.91 Å². The van der Waals surface area contributed by atoms with Crippen molar-refractivity contribution in [3.63, 3.8) is 0 Å². The fourth-order valence-corrected chi connectivity index (χ4v) is 9.76. The highest BCUT2D eigenvalue weighted by molar-refractivity contribution is 5.87. The molecule has 5 aliphatic rings. The number of piperidine rings is 1. The fraction of sp³-hybridized carbons (Fsp3) is 0.509. The molecule has 2 bridgehead atoms. The number of nitrogens with zero attached hydrogens (tertiary/aromatic N) is 6. The normalized spacial score (nSPS) is 19.4. The summed E-state index contributed by atoms with van der Waals surface area (Å²) < 4.78 is 131. The van der Waals surface area contributed by atoms with Crippen molar-refractivity contribution in [2.24, 2.45) is 10.8 Å². The molecule has 6 atom stereocenters. The van der Waals surface area contributed by atoms with Gasteiger partial charge in [0.05, 0.1) is 61.1 Å². The van der Waals surface area contributed by atoms with Gasteiger partial charge in [0.2, 0.25) is 5.91 Å². The van der Waals surface area contributed by atoms with Gasteiger partial charge in [0, 0.05) is 72.9 Å². The van der Waals surface area contributed by atoms with Crippen LogP contribution in [-0.4, -0.2) is 154 Å². The van der Waals surface area contributed by atoms with Crippen LogP contribution in [0.2, 0.25) is 0 Å². The number of pyridine rings is 1. The smallest absolute Gasteiger partial charge is 0.407 e. The molecule has 1 saturated carbocycles. The summed E-state index contributed by atoms with van der Waals surface area (Å²) in [6, 6.07) is 7.95. The van der Waals surface area contributed by atoms with Crippen LogP contribution in [0.5, 0.6) is 0 Å². The number of carboxylic acid groups (broad SMARTS) is 1. The van der Waals surface area contributed by atoms with E-state index in [0.29, 0.717) is 67.5 Å². The highest BCUT2D eigenvalue weighted by atomic mass is 19.4. The number of aromatic nitrogens is 3. The molecular formula is C53H60F8N10O8. The quantitative estimate of drug-likeness (QED) is 0.0357. The number of anilines is 1. The molecule has 9 rings (SSSR count). The van der Waals surface area contributed by atoms with Crippen LogP contribution in [0, 0.1) is 34.3 Å². The van der Waals surface area contributed by atoms with Crippen LogP contribution in [0.3, 0.4) is 0 Å². The number of ether oxygens (including phenoxy) is 2. The number of piperazine rings is 1. The lowest BCUT2D eigenvalue weighted by molar-refractivity contribution is -0.221. The Hall–Kier alpha value is -7.08. The lowest BCUT2D eigenvalue weighted by Crippen LogP contribution is -2.74. The summed E-state index contributed by atoms with van der Waals surface area (Å²) in [4.78, 5) is 61.6. The van der Waals surface area contributed by atoms with E-state index in [1.807, 2.05) is 22.9 Å². The number of carbonyl (C=O) groups excluding carboxylic acids is 3. The van der Waals surface area contributed by atoms with Gasteiger partial charge in [0.1, 0.15) is 29.5 Å². The van der Waals surface area contributed by atoms with Crippen LogP contribution in [0.1, 0.15) is 75.3 Å². The Labute approximate surface area is 449 Å². The molecule has 2 aromatic carbocycles. The molecule has 1 aliphatic carbocycles. The second-order valence-electron chi connectivity index (χ2n) is 21.4. The van der Waals surface area contributed by atoms with Crippen molar-refractivity contribution in [1.29, 1.82) is 0 Å². The Kier molecular flexibility index (Phi) is 16.9. The number of aliphatic hydroxyl groups is 1. The minimum absolute atomic E-state index is 0.00885. The van der Waals surface area contributed by atoms with E-state index in [1.165, 1.54) is 23.5 Å². The molecule has 18 nitrogen and oxygen atoms in total. The number of carbonyl (C=O) groups is 4. The first-order chi connectivity index (χ1) is 37.1. The third-order valence-corrected chi connectivity index (χ3v) is 15.1. The summed E-state index contributed by atoms with van der Waals surface area (Å²) in [6.45, 7) is 3.38. The fourth-order valence-electron chi connectivity index (χ4n) is 9.76. The van der Waals surface area contributed by atoms with Crippen LogP contribution < -0.4 is 26.3 Å². The van der Waals surface area contributed by atoms with Crippen LogP contribution in [0.15, 0.2) is 67.0 Å². The van der Waals surface area contributed by atoms with Crippen molar-refractivity contribution in [2.45, 2.75) is 121 Å². The molecule has 426 valence electrons. The molecule has 4 saturated heterocycles. The van der Waals surface area contributed by atoms with E-state index in [-0.39, 0.29) is 17.3 Å². The van der Waals surface area contributed by atoms with Crippen molar-refractivity contribution in [1.82, 2.24) is 46.0 Å². The zero-order valence-electron chi connectivity index (χ0n) is 43.6. The van der Waals surface area contributed by atoms with Crippen LogP contribution in [0.4, 0.5) is 50.5 Å². The molecule has 5 fully saturated rings. The molecular weight excluding hydrogens is 1060 g/mol. The number of hydrazine groups is 1. The Morgan fingerprint density at radius 2 is 1.41 bits per heavy atom. The third-order valence-electron chi connectivity index (χ3n) is 15.1. The van der Waals surface area contributed by atoms with Crippen molar-refractivity contribution < 1.29 is 74.0 Å². The van der Waals surface area contributed by atoms with Gasteiger partial charge >= 0.3 is 24.5 Å². The monoisotopic (exact) mass is 1120 g/mol. The molecule has 4 aromatic rings. The number of amides is 4. The molecule has 79 heavy (non-hydrogen) atoms. The number of nitrogens with one attached hydrogen (secondary N) is 4. The van der Waals surface area contributed by atoms with Crippen molar-refractivity contribution >= 4 is 29.8 Å². The molecule has 0 radical (unpaired) electrons. The number of hydrogen-bond donors (Lipinski definition) is 6. The van der Waals surface area contributed by atoms with E-state index in [4.69, 9.17) is 4.74 Å². The van der Waals surface area contributed by atoms with E-state index < -0.39 is 108 Å². The molecule has 6 N–H and O–H groups in total. The van der Waals surface area contributed by atoms with Gasteiger partial charge < -0.3 is 40.5 Å². The summed E-state index contributed by atoms with van der Waals surface area (Å²) in [7, 11) is 0.840. The Bertz CT molecular complexity index is 2900. The van der Waals surface area contributed by atoms with E-state index in [0.717, 1.165) is 70.6 Å². The molecule has 4 aliphatic heterocycles. The first-order valence-corrected chi connectivity index (χ1v) is 25.3. The summed E-state index contributed by atoms with van der Waals surface area (Å²) in [5.41, 5.74) is -3.33. The minimum atomic E-state index is -5.23. The number of halogens is 8. The maximum atomic E-state index is 16.1.